The van der Waals surface area contributed by atoms with Gasteiger partial charge in [-0.05, 0) is 48.3 Å². The summed E-state index contributed by atoms with van der Waals surface area (Å²) in [4.78, 5) is 24.1. The summed E-state index contributed by atoms with van der Waals surface area (Å²) >= 11 is 11.9. The Labute approximate surface area is 165 Å². The Morgan fingerprint density at radius 1 is 1.19 bits per heavy atom. The molecule has 3 atom stereocenters. The molecule has 1 aromatic rings. The largest absolute Gasteiger partial charge is 0.460 e. The summed E-state index contributed by atoms with van der Waals surface area (Å²) in [5.41, 5.74) is 0.607. The molecule has 1 aliphatic rings. The van der Waals surface area contributed by atoms with E-state index in [1.54, 1.807) is 18.2 Å². The lowest BCUT2D eigenvalue weighted by molar-refractivity contribution is -0.166. The second-order valence-corrected chi connectivity index (χ2v) is 8.27. The zero-order valence-electron chi connectivity index (χ0n) is 15.5. The first-order valence-corrected chi connectivity index (χ1v) is 9.81. The van der Waals surface area contributed by atoms with E-state index in [1.165, 1.54) is 0 Å². The van der Waals surface area contributed by atoms with Gasteiger partial charge in [-0.25, -0.2) is 4.79 Å². The summed E-state index contributed by atoms with van der Waals surface area (Å²) in [6, 6.07) is 4.89. The zero-order valence-corrected chi connectivity index (χ0v) is 17.0. The van der Waals surface area contributed by atoms with Crippen LogP contribution in [0.15, 0.2) is 18.2 Å². The molecule has 0 bridgehead atoms. The van der Waals surface area contributed by atoms with E-state index in [9.17, 15) is 9.59 Å². The highest BCUT2D eigenvalue weighted by Gasteiger charge is 2.33. The van der Waals surface area contributed by atoms with Crippen molar-refractivity contribution in [3.63, 3.8) is 0 Å². The molecule has 144 valence electrons. The summed E-state index contributed by atoms with van der Waals surface area (Å²) in [5.74, 6) is 0.333. The number of halogens is 2. The van der Waals surface area contributed by atoms with Crippen LogP contribution >= 0.6 is 23.2 Å². The lowest BCUT2D eigenvalue weighted by Crippen LogP contribution is -2.36. The second kappa shape index (κ2) is 9.61. The predicted molar refractivity (Wildman–Crippen MR) is 102 cm³/mol. The topological polar surface area (TPSA) is 52.6 Å². The van der Waals surface area contributed by atoms with Crippen molar-refractivity contribution in [1.29, 1.82) is 0 Å². The first-order valence-electron chi connectivity index (χ1n) is 9.05. The molecule has 1 saturated carbocycles. The molecular weight excluding hydrogens is 375 g/mol. The maximum absolute atomic E-state index is 12.1. The van der Waals surface area contributed by atoms with Crippen molar-refractivity contribution < 1.29 is 19.1 Å². The van der Waals surface area contributed by atoms with Crippen molar-refractivity contribution in [2.75, 3.05) is 6.61 Å². The summed E-state index contributed by atoms with van der Waals surface area (Å²) in [5, 5.41) is 0.894. The molecule has 6 heteroatoms. The molecule has 4 nitrogen and oxygen atoms in total. The molecule has 0 aliphatic heterocycles. The summed E-state index contributed by atoms with van der Waals surface area (Å²) < 4.78 is 10.7. The van der Waals surface area contributed by atoms with Crippen molar-refractivity contribution >= 4 is 35.1 Å². The van der Waals surface area contributed by atoms with Gasteiger partial charge in [0, 0.05) is 10.0 Å². The van der Waals surface area contributed by atoms with Crippen LogP contribution in [0.25, 0.3) is 0 Å². The van der Waals surface area contributed by atoms with Gasteiger partial charge in [0.15, 0.2) is 6.61 Å². The van der Waals surface area contributed by atoms with Crippen LogP contribution in [-0.2, 0) is 25.5 Å². The van der Waals surface area contributed by atoms with Gasteiger partial charge < -0.3 is 9.47 Å². The average Bonchev–Trinajstić information content (AvgIpc) is 2.55. The van der Waals surface area contributed by atoms with Gasteiger partial charge in [-0.3, -0.25) is 4.79 Å². The molecule has 1 aliphatic carbocycles. The standard InChI is InChI=1S/C20H26Cl2O4/c1-12(2)16-7-4-13(3)8-18(16)26-20(24)11-25-19(23)9-14-5-6-15(21)10-17(14)22/h5-6,10,12-13,16,18H,4,7-9,11H2,1-3H3/t13-,16+,18+/m0/s1. The van der Waals surface area contributed by atoms with E-state index in [4.69, 9.17) is 32.7 Å². The summed E-state index contributed by atoms with van der Waals surface area (Å²) in [6.45, 7) is 6.10. The Hall–Kier alpha value is -1.26. The quantitative estimate of drug-likeness (QED) is 0.624. The molecule has 0 heterocycles. The molecular formula is C20H26Cl2O4. The average molecular weight is 401 g/mol. The first kappa shape index (κ1) is 21.0. The minimum absolute atomic E-state index is 0.0155. The van der Waals surface area contributed by atoms with Gasteiger partial charge in [-0.15, -0.1) is 0 Å². The van der Waals surface area contributed by atoms with Crippen LogP contribution in [0.2, 0.25) is 10.0 Å². The molecule has 0 aromatic heterocycles. The van der Waals surface area contributed by atoms with Crippen LogP contribution in [0.1, 0.15) is 45.6 Å². The van der Waals surface area contributed by atoms with E-state index in [1.807, 2.05) is 0 Å². The van der Waals surface area contributed by atoms with Crippen LogP contribution in [0.4, 0.5) is 0 Å². The third-order valence-corrected chi connectivity index (χ3v) is 5.53. The number of esters is 2. The fourth-order valence-electron chi connectivity index (χ4n) is 3.46. The SMILES string of the molecule is CC(C)[C@H]1CC[C@H](C)C[C@H]1OC(=O)COC(=O)Cc1ccc(Cl)cc1Cl. The van der Waals surface area contributed by atoms with Gasteiger partial charge in [0.05, 0.1) is 6.42 Å². The van der Waals surface area contributed by atoms with Gasteiger partial charge in [0.1, 0.15) is 6.10 Å². The van der Waals surface area contributed by atoms with Crippen LogP contribution in [0.5, 0.6) is 0 Å². The Morgan fingerprint density at radius 3 is 2.58 bits per heavy atom. The number of benzene rings is 1. The third-order valence-electron chi connectivity index (χ3n) is 4.95. The van der Waals surface area contributed by atoms with Gasteiger partial charge in [0.2, 0.25) is 0 Å². The van der Waals surface area contributed by atoms with Crippen molar-refractivity contribution in [3.8, 4) is 0 Å². The van der Waals surface area contributed by atoms with E-state index >= 15 is 0 Å². The molecule has 0 saturated heterocycles. The predicted octanol–water partition coefficient (Wildman–Crippen LogP) is 5.08. The van der Waals surface area contributed by atoms with Crippen LogP contribution in [0.3, 0.4) is 0 Å². The lowest BCUT2D eigenvalue weighted by atomic mass is 9.75. The van der Waals surface area contributed by atoms with Crippen LogP contribution < -0.4 is 0 Å². The molecule has 1 fully saturated rings. The van der Waals surface area contributed by atoms with Crippen molar-refractivity contribution in [1.82, 2.24) is 0 Å². The number of ether oxygens (including phenoxy) is 2. The summed E-state index contributed by atoms with van der Waals surface area (Å²) in [7, 11) is 0. The molecule has 26 heavy (non-hydrogen) atoms. The Kier molecular flexibility index (Phi) is 7.78. The second-order valence-electron chi connectivity index (χ2n) is 7.43. The zero-order chi connectivity index (χ0) is 19.3. The van der Waals surface area contributed by atoms with Gasteiger partial charge >= 0.3 is 11.9 Å². The normalized spacial score (nSPS) is 22.9. The molecule has 1 aromatic carbocycles. The Morgan fingerprint density at radius 2 is 1.92 bits per heavy atom. The highest BCUT2D eigenvalue weighted by molar-refractivity contribution is 6.35. The maximum Gasteiger partial charge on any atom is 0.344 e. The molecule has 0 amide bonds. The summed E-state index contributed by atoms with van der Waals surface area (Å²) in [6.07, 6.45) is 2.97. The monoisotopic (exact) mass is 400 g/mol. The van der Waals surface area contributed by atoms with Crippen molar-refractivity contribution in [2.24, 2.45) is 17.8 Å². The third kappa shape index (κ3) is 6.17. The van der Waals surface area contributed by atoms with E-state index in [-0.39, 0.29) is 19.1 Å². The van der Waals surface area contributed by atoms with E-state index in [2.05, 4.69) is 20.8 Å². The van der Waals surface area contributed by atoms with E-state index in [0.29, 0.717) is 33.4 Å². The molecule has 0 N–H and O–H groups in total. The lowest BCUT2D eigenvalue weighted by Gasteiger charge is -2.36. The van der Waals surface area contributed by atoms with E-state index in [0.717, 1.165) is 19.3 Å². The highest BCUT2D eigenvalue weighted by atomic mass is 35.5. The molecule has 0 unspecified atom stereocenters. The number of carbonyl (C=O) groups excluding carboxylic acids is 2. The van der Waals surface area contributed by atoms with Gasteiger partial charge in [0.25, 0.3) is 0 Å². The maximum atomic E-state index is 12.1. The molecule has 0 radical (unpaired) electrons. The van der Waals surface area contributed by atoms with Crippen molar-refractivity contribution in [2.45, 2.75) is 52.6 Å². The van der Waals surface area contributed by atoms with Gasteiger partial charge in [-0.1, -0.05) is 56.5 Å². The van der Waals surface area contributed by atoms with Crippen LogP contribution in [-0.4, -0.2) is 24.6 Å². The Balaban J connectivity index is 1.82. The Bertz CT molecular complexity index is 645. The first-order chi connectivity index (χ1) is 12.3. The number of hydrogen-bond acceptors (Lipinski definition) is 4. The minimum Gasteiger partial charge on any atom is -0.460 e. The fraction of sp³-hybridized carbons (Fsp3) is 0.600. The smallest absolute Gasteiger partial charge is 0.344 e. The number of carbonyl (C=O) groups is 2. The highest BCUT2D eigenvalue weighted by Crippen LogP contribution is 2.35. The minimum atomic E-state index is -0.524. The van der Waals surface area contributed by atoms with Gasteiger partial charge in [-0.2, -0.15) is 0 Å². The molecule has 2 rings (SSSR count). The number of rotatable bonds is 6. The van der Waals surface area contributed by atoms with Crippen LogP contribution in [0, 0.1) is 17.8 Å². The van der Waals surface area contributed by atoms with E-state index < -0.39 is 11.9 Å². The van der Waals surface area contributed by atoms with Crippen molar-refractivity contribution in [3.05, 3.63) is 33.8 Å². The number of hydrogen-bond donors (Lipinski definition) is 0. The molecule has 0 spiro atoms. The fourth-order valence-corrected chi connectivity index (χ4v) is 3.94.